The average Bonchev–Trinajstić information content (AvgIpc) is 3.65. The van der Waals surface area contributed by atoms with Crippen LogP contribution < -0.4 is 5.43 Å². The normalized spacial score (nSPS) is 11.6. The summed E-state index contributed by atoms with van der Waals surface area (Å²) in [4.78, 5) is 0. The maximum atomic E-state index is 9.39. The van der Waals surface area contributed by atoms with Crippen LogP contribution in [0.15, 0.2) is 152 Å². The molecule has 0 saturated heterocycles. The van der Waals surface area contributed by atoms with Crippen molar-refractivity contribution in [2.24, 2.45) is 0 Å². The second-order valence-electron chi connectivity index (χ2n) is 11.4. The van der Waals surface area contributed by atoms with Gasteiger partial charge in [-0.05, 0) is 46.2 Å². The fraction of sp³-hybridized carbons (Fsp3) is 0. The first-order chi connectivity index (χ1) is 22.3. The van der Waals surface area contributed by atoms with Gasteiger partial charge in [0.15, 0.2) is 0 Å². The molecule has 45 heavy (non-hydrogen) atoms. The van der Waals surface area contributed by atoms with Crippen LogP contribution in [0.4, 0.5) is 5.69 Å². The molecule has 0 fully saturated rings. The molecular weight excluding hydrogens is 567 g/mol. The Hall–Kier alpha value is -5.71. The summed E-state index contributed by atoms with van der Waals surface area (Å²) in [6, 6.07) is 53.0. The van der Waals surface area contributed by atoms with Crippen LogP contribution in [-0.2, 0) is 0 Å². The van der Waals surface area contributed by atoms with Gasteiger partial charge < -0.3 is 0 Å². The Kier molecular flexibility index (Phi) is 5.83. The van der Waals surface area contributed by atoms with Crippen LogP contribution in [0.5, 0.6) is 0 Å². The van der Waals surface area contributed by atoms with Crippen molar-refractivity contribution in [3.63, 3.8) is 0 Å². The molecule has 0 atom stereocenters. The van der Waals surface area contributed by atoms with Crippen LogP contribution in [0.2, 0.25) is 0 Å². The van der Waals surface area contributed by atoms with E-state index in [1.54, 1.807) is 0 Å². The highest BCUT2D eigenvalue weighted by Gasteiger charge is 2.22. The number of hydrogen-bond acceptors (Lipinski definition) is 3. The number of para-hydroxylation sites is 2. The topological polar surface area (TPSA) is 40.8 Å². The number of nitrogens with zero attached hydrogens (tertiary/aromatic N) is 1. The van der Waals surface area contributed by atoms with Crippen molar-refractivity contribution in [1.29, 1.82) is 5.41 Å². The van der Waals surface area contributed by atoms with Crippen LogP contribution in [0, 0.1) is 5.41 Å². The summed E-state index contributed by atoms with van der Waals surface area (Å²) in [5, 5.41) is 17.0. The summed E-state index contributed by atoms with van der Waals surface area (Å²) < 4.78 is 4.79. The Morgan fingerprint density at radius 3 is 2.04 bits per heavy atom. The van der Waals surface area contributed by atoms with Gasteiger partial charge >= 0.3 is 0 Å². The van der Waals surface area contributed by atoms with Crippen LogP contribution in [0.3, 0.4) is 0 Å². The lowest BCUT2D eigenvalue weighted by Gasteiger charge is -2.17. The summed E-state index contributed by atoms with van der Waals surface area (Å²) in [6.07, 6.45) is 0. The highest BCUT2D eigenvalue weighted by Crippen LogP contribution is 2.46. The van der Waals surface area contributed by atoms with Crippen molar-refractivity contribution >= 4 is 75.5 Å². The molecule has 7 aromatic carbocycles. The zero-order valence-corrected chi connectivity index (χ0v) is 25.1. The van der Waals surface area contributed by atoms with Crippen LogP contribution in [0.1, 0.15) is 11.1 Å². The van der Waals surface area contributed by atoms with Gasteiger partial charge in [-0.15, -0.1) is 11.3 Å². The van der Waals surface area contributed by atoms with Crippen LogP contribution in [0.25, 0.3) is 63.9 Å². The maximum Gasteiger partial charge on any atom is 0.0894 e. The summed E-state index contributed by atoms with van der Waals surface area (Å²) in [7, 11) is 0. The summed E-state index contributed by atoms with van der Waals surface area (Å²) in [6.45, 7) is 0. The number of rotatable bonds is 5. The zero-order valence-electron chi connectivity index (χ0n) is 24.3. The molecule has 2 N–H and O–H groups in total. The van der Waals surface area contributed by atoms with E-state index in [-0.39, 0.29) is 0 Å². The van der Waals surface area contributed by atoms with Crippen molar-refractivity contribution < 1.29 is 0 Å². The van der Waals surface area contributed by atoms with E-state index >= 15 is 0 Å². The van der Waals surface area contributed by atoms with E-state index in [1.165, 1.54) is 47.2 Å². The van der Waals surface area contributed by atoms with Crippen molar-refractivity contribution in [1.82, 2.24) is 4.68 Å². The Balaban J connectivity index is 1.28. The van der Waals surface area contributed by atoms with E-state index in [0.717, 1.165) is 33.5 Å². The third-order valence-corrected chi connectivity index (χ3v) is 10.0. The molecule has 0 aliphatic heterocycles. The lowest BCUT2D eigenvalue weighted by Crippen LogP contribution is -2.13. The summed E-state index contributed by atoms with van der Waals surface area (Å²) >= 11 is 1.85. The molecule has 9 rings (SSSR count). The second kappa shape index (κ2) is 10.2. The third-order valence-electron chi connectivity index (χ3n) is 8.84. The molecule has 4 heteroatoms. The van der Waals surface area contributed by atoms with Crippen molar-refractivity contribution in [2.45, 2.75) is 0 Å². The van der Waals surface area contributed by atoms with Crippen LogP contribution >= 0.6 is 11.3 Å². The highest BCUT2D eigenvalue weighted by molar-refractivity contribution is 7.27. The predicted molar refractivity (Wildman–Crippen MR) is 193 cm³/mol. The SMILES string of the molecule is N=C(c1cccc(-c2ccccc2)c1)c1ccccc1Nn1c2ccccc2c2c3ccccc3c3c4ccccc4sc3c21. The molecule has 0 aliphatic rings. The molecule has 2 aromatic heterocycles. The third kappa shape index (κ3) is 4.00. The largest absolute Gasteiger partial charge is 0.300 e. The number of benzene rings is 7. The van der Waals surface area contributed by atoms with Gasteiger partial charge in [0.1, 0.15) is 0 Å². The van der Waals surface area contributed by atoms with Crippen LogP contribution in [-0.4, -0.2) is 10.4 Å². The maximum absolute atomic E-state index is 9.39. The Morgan fingerprint density at radius 2 is 1.20 bits per heavy atom. The van der Waals surface area contributed by atoms with E-state index in [1.807, 2.05) is 47.7 Å². The molecule has 0 saturated carbocycles. The number of fused-ring (bicyclic) bond motifs is 10. The molecule has 0 radical (unpaired) electrons. The van der Waals surface area contributed by atoms with E-state index in [9.17, 15) is 5.41 Å². The molecule has 0 unspecified atom stereocenters. The van der Waals surface area contributed by atoms with Gasteiger partial charge in [0.2, 0.25) is 0 Å². The van der Waals surface area contributed by atoms with Gasteiger partial charge in [-0.1, -0.05) is 127 Å². The standard InChI is InChI=1S/C41H27N3S/c42-39(28-16-12-15-27(25-28)26-13-2-1-3-14-26)31-19-6-9-22-34(31)43-44-35-23-10-7-20-32(35)37-29-17-4-5-18-30(29)38-33-21-8-11-24-36(33)45-41(38)40(37)44/h1-25,42-43H. The smallest absolute Gasteiger partial charge is 0.0894 e. The van der Waals surface area contributed by atoms with Gasteiger partial charge in [0.25, 0.3) is 0 Å². The quantitative estimate of drug-likeness (QED) is 0.192. The second-order valence-corrected chi connectivity index (χ2v) is 12.5. The fourth-order valence-corrected chi connectivity index (χ4v) is 8.06. The number of aromatic nitrogens is 1. The first kappa shape index (κ1) is 25.8. The minimum Gasteiger partial charge on any atom is -0.300 e. The number of nitrogens with one attached hydrogen (secondary N) is 2. The molecule has 0 spiro atoms. The Labute approximate surface area is 264 Å². The van der Waals surface area contributed by atoms with Gasteiger partial charge in [-0.2, -0.15) is 0 Å². The predicted octanol–water partition coefficient (Wildman–Crippen LogP) is 11.3. The lowest BCUT2D eigenvalue weighted by atomic mass is 9.97. The minimum absolute atomic E-state index is 0.481. The van der Waals surface area contributed by atoms with E-state index < -0.39 is 0 Å². The van der Waals surface area contributed by atoms with E-state index in [4.69, 9.17) is 0 Å². The first-order valence-electron chi connectivity index (χ1n) is 15.1. The molecule has 0 bridgehead atoms. The van der Waals surface area contributed by atoms with E-state index in [2.05, 4.69) is 125 Å². The minimum atomic E-state index is 0.481. The average molecular weight is 594 g/mol. The summed E-state index contributed by atoms with van der Waals surface area (Å²) in [5.74, 6) is 0. The molecule has 212 valence electrons. The number of hydrogen-bond donors (Lipinski definition) is 2. The molecule has 9 aromatic rings. The van der Waals surface area contributed by atoms with E-state index in [0.29, 0.717) is 5.71 Å². The van der Waals surface area contributed by atoms with Gasteiger partial charge in [-0.25, -0.2) is 0 Å². The Morgan fingerprint density at radius 1 is 0.556 bits per heavy atom. The molecule has 3 nitrogen and oxygen atoms in total. The van der Waals surface area contributed by atoms with Gasteiger partial charge in [-0.3, -0.25) is 15.5 Å². The van der Waals surface area contributed by atoms with Gasteiger partial charge in [0, 0.05) is 37.4 Å². The zero-order chi connectivity index (χ0) is 29.9. The molecule has 0 aliphatic carbocycles. The van der Waals surface area contributed by atoms with Crippen molar-refractivity contribution in [2.75, 3.05) is 5.43 Å². The monoisotopic (exact) mass is 593 g/mol. The Bertz CT molecular complexity index is 2590. The number of anilines is 1. The molecule has 2 heterocycles. The van der Waals surface area contributed by atoms with Crippen molar-refractivity contribution in [3.8, 4) is 11.1 Å². The first-order valence-corrected chi connectivity index (χ1v) is 15.9. The van der Waals surface area contributed by atoms with Gasteiger partial charge in [0.05, 0.1) is 27.1 Å². The lowest BCUT2D eigenvalue weighted by molar-refractivity contribution is 1.06. The summed E-state index contributed by atoms with van der Waals surface area (Å²) in [5.41, 5.74) is 11.4. The molecule has 0 amide bonds. The fourth-order valence-electron chi connectivity index (χ4n) is 6.80. The van der Waals surface area contributed by atoms with Crippen molar-refractivity contribution in [3.05, 3.63) is 163 Å². The highest BCUT2D eigenvalue weighted by atomic mass is 32.1. The number of thiophene rings is 1. The molecular formula is C41H27N3S.